The molecule has 84 valence electrons. The molecule has 0 radical (unpaired) electrons. The summed E-state index contributed by atoms with van der Waals surface area (Å²) in [6, 6.07) is 17.6. The summed E-state index contributed by atoms with van der Waals surface area (Å²) >= 11 is 6.57. The molecule has 0 spiro atoms. The highest BCUT2D eigenvalue weighted by molar-refractivity contribution is 6.21. The van der Waals surface area contributed by atoms with Crippen LogP contribution < -0.4 is 0 Å². The molecule has 1 heteroatoms. The van der Waals surface area contributed by atoms with Crippen LogP contribution in [0.25, 0.3) is 0 Å². The van der Waals surface area contributed by atoms with E-state index in [1.54, 1.807) is 0 Å². The second-order valence-electron chi connectivity index (χ2n) is 5.04. The van der Waals surface area contributed by atoms with Gasteiger partial charge in [-0.25, -0.2) is 0 Å². The first-order valence-electron chi connectivity index (χ1n) is 6.18. The Morgan fingerprint density at radius 2 is 1.24 bits per heavy atom. The van der Waals surface area contributed by atoms with E-state index in [1.165, 1.54) is 22.3 Å². The Balaban J connectivity index is 2.04. The predicted molar refractivity (Wildman–Crippen MR) is 70.8 cm³/mol. The maximum Gasteiger partial charge on any atom is 0.0454 e. The molecule has 3 aliphatic carbocycles. The van der Waals surface area contributed by atoms with Crippen molar-refractivity contribution in [2.45, 2.75) is 23.6 Å². The van der Waals surface area contributed by atoms with E-state index < -0.39 is 0 Å². The van der Waals surface area contributed by atoms with Crippen molar-refractivity contribution in [2.75, 3.05) is 0 Å². The van der Waals surface area contributed by atoms with E-state index in [0.29, 0.717) is 11.8 Å². The van der Waals surface area contributed by atoms with E-state index in [1.807, 2.05) is 0 Å². The third-order valence-electron chi connectivity index (χ3n) is 4.24. The molecular weight excluding hydrogens is 228 g/mol. The lowest BCUT2D eigenvalue weighted by Crippen LogP contribution is -2.32. The van der Waals surface area contributed by atoms with Crippen molar-refractivity contribution in [2.24, 2.45) is 0 Å². The van der Waals surface area contributed by atoms with Crippen molar-refractivity contribution in [3.05, 3.63) is 70.8 Å². The maximum atomic E-state index is 6.57. The number of alkyl halides is 1. The highest BCUT2D eigenvalue weighted by Crippen LogP contribution is 2.54. The van der Waals surface area contributed by atoms with Gasteiger partial charge in [0.15, 0.2) is 0 Å². The van der Waals surface area contributed by atoms with Crippen LogP contribution in [0.5, 0.6) is 0 Å². The van der Waals surface area contributed by atoms with Gasteiger partial charge in [0.05, 0.1) is 0 Å². The van der Waals surface area contributed by atoms with Gasteiger partial charge in [-0.05, 0) is 28.7 Å². The molecule has 1 atom stereocenters. The van der Waals surface area contributed by atoms with E-state index in [4.69, 9.17) is 11.6 Å². The first-order valence-corrected chi connectivity index (χ1v) is 6.61. The lowest BCUT2D eigenvalue weighted by Gasteiger charge is -2.43. The number of rotatable bonds is 0. The fourth-order valence-corrected chi connectivity index (χ4v) is 4.01. The maximum absolute atomic E-state index is 6.57. The number of halogens is 1. The summed E-state index contributed by atoms with van der Waals surface area (Å²) in [7, 11) is 0. The van der Waals surface area contributed by atoms with Gasteiger partial charge in [-0.15, -0.1) is 11.6 Å². The monoisotopic (exact) mass is 240 g/mol. The van der Waals surface area contributed by atoms with E-state index in [0.717, 1.165) is 6.42 Å². The van der Waals surface area contributed by atoms with Crippen molar-refractivity contribution in [3.63, 3.8) is 0 Å². The number of hydrogen-bond donors (Lipinski definition) is 0. The zero-order valence-corrected chi connectivity index (χ0v) is 10.2. The fraction of sp³-hybridized carbons (Fsp3) is 0.250. The summed E-state index contributed by atoms with van der Waals surface area (Å²) in [5, 5.41) is 0.254. The molecule has 2 bridgehead atoms. The van der Waals surface area contributed by atoms with Crippen LogP contribution in [-0.2, 0) is 0 Å². The van der Waals surface area contributed by atoms with Crippen LogP contribution in [0.1, 0.15) is 40.5 Å². The van der Waals surface area contributed by atoms with Crippen LogP contribution >= 0.6 is 11.6 Å². The number of fused-ring (bicyclic) bond motifs is 1. The zero-order chi connectivity index (χ0) is 11.4. The Hall–Kier alpha value is -1.27. The van der Waals surface area contributed by atoms with Gasteiger partial charge in [0, 0.05) is 17.2 Å². The van der Waals surface area contributed by atoms with Gasteiger partial charge in [-0.3, -0.25) is 0 Å². The van der Waals surface area contributed by atoms with E-state index in [2.05, 4.69) is 48.5 Å². The molecule has 0 heterocycles. The van der Waals surface area contributed by atoms with Crippen LogP contribution in [-0.4, -0.2) is 5.38 Å². The van der Waals surface area contributed by atoms with Gasteiger partial charge in [-0.2, -0.15) is 0 Å². The summed E-state index contributed by atoms with van der Waals surface area (Å²) < 4.78 is 0. The molecule has 0 aromatic heterocycles. The Kier molecular flexibility index (Phi) is 1.93. The van der Waals surface area contributed by atoms with Crippen molar-refractivity contribution in [1.82, 2.24) is 0 Å². The van der Waals surface area contributed by atoms with Crippen molar-refractivity contribution in [3.8, 4) is 0 Å². The Morgan fingerprint density at radius 3 is 1.76 bits per heavy atom. The third kappa shape index (κ3) is 1.19. The molecule has 5 rings (SSSR count). The highest BCUT2D eigenvalue weighted by atomic mass is 35.5. The molecule has 0 N–H and O–H groups in total. The number of hydrogen-bond acceptors (Lipinski definition) is 0. The summed E-state index contributed by atoms with van der Waals surface area (Å²) in [4.78, 5) is 0. The van der Waals surface area contributed by atoms with Crippen molar-refractivity contribution >= 4 is 11.6 Å². The molecule has 0 saturated carbocycles. The number of benzene rings is 2. The van der Waals surface area contributed by atoms with E-state index in [9.17, 15) is 0 Å². The molecule has 0 nitrogen and oxygen atoms in total. The molecular formula is C16H13Cl. The molecule has 2 aromatic carbocycles. The third-order valence-corrected chi connectivity index (χ3v) is 4.67. The normalized spacial score (nSPS) is 28.6. The highest BCUT2D eigenvalue weighted by Gasteiger charge is 2.41. The van der Waals surface area contributed by atoms with Gasteiger partial charge >= 0.3 is 0 Å². The average molecular weight is 241 g/mol. The van der Waals surface area contributed by atoms with Crippen LogP contribution in [0, 0.1) is 0 Å². The van der Waals surface area contributed by atoms with Crippen LogP contribution in [0.3, 0.4) is 0 Å². The fourth-order valence-electron chi connectivity index (χ4n) is 3.56. The first-order chi connectivity index (χ1) is 8.36. The topological polar surface area (TPSA) is 0 Å². The second-order valence-corrected chi connectivity index (χ2v) is 5.60. The van der Waals surface area contributed by atoms with Crippen LogP contribution in [0.4, 0.5) is 0 Å². The lowest BCUT2D eigenvalue weighted by molar-refractivity contribution is 0.527. The summed E-state index contributed by atoms with van der Waals surface area (Å²) in [5.41, 5.74) is 5.88. The molecule has 0 aliphatic heterocycles. The van der Waals surface area contributed by atoms with Gasteiger partial charge in [0.2, 0.25) is 0 Å². The molecule has 3 aliphatic rings. The predicted octanol–water partition coefficient (Wildman–Crippen LogP) is 4.27. The molecule has 0 fully saturated rings. The van der Waals surface area contributed by atoms with E-state index in [-0.39, 0.29) is 5.38 Å². The molecule has 17 heavy (non-hydrogen) atoms. The first kappa shape index (κ1) is 9.73. The smallest absolute Gasteiger partial charge is 0.0454 e. The van der Waals surface area contributed by atoms with E-state index >= 15 is 0 Å². The van der Waals surface area contributed by atoms with Crippen molar-refractivity contribution in [1.29, 1.82) is 0 Å². The Bertz CT molecular complexity index is 540. The molecule has 0 amide bonds. The summed E-state index contributed by atoms with van der Waals surface area (Å²) in [5.74, 6) is 0.906. The van der Waals surface area contributed by atoms with Crippen LogP contribution in [0.2, 0.25) is 0 Å². The Labute approximate surface area is 106 Å². The zero-order valence-electron chi connectivity index (χ0n) is 9.44. The Morgan fingerprint density at radius 1 is 0.765 bits per heavy atom. The van der Waals surface area contributed by atoms with Gasteiger partial charge in [-0.1, -0.05) is 48.5 Å². The van der Waals surface area contributed by atoms with Gasteiger partial charge < -0.3 is 0 Å². The largest absolute Gasteiger partial charge is 0.122 e. The molecule has 0 unspecified atom stereocenters. The summed E-state index contributed by atoms with van der Waals surface area (Å²) in [6.07, 6.45) is 1.08. The average Bonchev–Trinajstić information content (AvgIpc) is 2.39. The quantitative estimate of drug-likeness (QED) is 0.603. The minimum absolute atomic E-state index is 0.254. The lowest BCUT2D eigenvalue weighted by atomic mass is 9.64. The second kappa shape index (κ2) is 3.36. The minimum Gasteiger partial charge on any atom is -0.122 e. The SMILES string of the molecule is Cl[C@@H]1CC2c3ccccc3C1c1ccccc12. The molecule has 0 saturated heterocycles. The van der Waals surface area contributed by atoms with Crippen LogP contribution in [0.15, 0.2) is 48.5 Å². The summed E-state index contributed by atoms with van der Waals surface area (Å²) in [6.45, 7) is 0. The standard InChI is InChI=1S/C16H13Cl/c17-15-9-14-10-5-1-3-7-12(10)16(15)13-8-4-2-6-11(13)14/h1-8,14-16H,9H2/t14?,15-,16?/m1/s1. The van der Waals surface area contributed by atoms with Gasteiger partial charge in [0.25, 0.3) is 0 Å². The van der Waals surface area contributed by atoms with Crippen molar-refractivity contribution < 1.29 is 0 Å². The minimum atomic E-state index is 0.254. The molecule has 2 aromatic rings. The van der Waals surface area contributed by atoms with Gasteiger partial charge in [0.1, 0.15) is 0 Å².